The van der Waals surface area contributed by atoms with Gasteiger partial charge in [0.15, 0.2) is 0 Å². The SMILES string of the molecule is CCCSC(CCCO)NC(=O)CC(Cc1ccccc1)SC(=O)c1ccccc1. The summed E-state index contributed by atoms with van der Waals surface area (Å²) in [4.78, 5) is 25.5. The highest BCUT2D eigenvalue weighted by atomic mass is 32.2. The van der Waals surface area contributed by atoms with Gasteiger partial charge in [0.25, 0.3) is 0 Å². The average molecular weight is 446 g/mol. The lowest BCUT2D eigenvalue weighted by Gasteiger charge is -2.20. The van der Waals surface area contributed by atoms with Crippen molar-refractivity contribution >= 4 is 34.5 Å². The average Bonchev–Trinajstić information content (AvgIpc) is 2.76. The normalized spacial score (nSPS) is 12.9. The highest BCUT2D eigenvalue weighted by Gasteiger charge is 2.22. The van der Waals surface area contributed by atoms with Crippen LogP contribution < -0.4 is 5.32 Å². The van der Waals surface area contributed by atoms with Crippen LogP contribution in [-0.4, -0.2) is 39.1 Å². The second kappa shape index (κ2) is 14.3. The number of hydrogen-bond acceptors (Lipinski definition) is 5. The summed E-state index contributed by atoms with van der Waals surface area (Å²) in [6.45, 7) is 2.23. The van der Waals surface area contributed by atoms with E-state index >= 15 is 0 Å². The van der Waals surface area contributed by atoms with Crippen LogP contribution in [0.15, 0.2) is 60.7 Å². The van der Waals surface area contributed by atoms with Crippen LogP contribution in [0.2, 0.25) is 0 Å². The Morgan fingerprint density at radius 3 is 2.33 bits per heavy atom. The molecule has 0 spiro atoms. The number of aliphatic hydroxyl groups excluding tert-OH is 1. The summed E-state index contributed by atoms with van der Waals surface area (Å²) in [6, 6.07) is 19.2. The number of carbonyl (C=O) groups is 2. The lowest BCUT2D eigenvalue weighted by molar-refractivity contribution is -0.121. The molecule has 2 rings (SSSR count). The topological polar surface area (TPSA) is 66.4 Å². The Morgan fingerprint density at radius 2 is 1.70 bits per heavy atom. The Hall–Kier alpha value is -1.76. The minimum absolute atomic E-state index is 0.00296. The molecule has 0 radical (unpaired) electrons. The van der Waals surface area contributed by atoms with Gasteiger partial charge in [-0.25, -0.2) is 0 Å². The minimum atomic E-state index is -0.144. The van der Waals surface area contributed by atoms with E-state index in [1.807, 2.05) is 48.5 Å². The zero-order valence-corrected chi connectivity index (χ0v) is 19.1. The van der Waals surface area contributed by atoms with Crippen LogP contribution in [0.25, 0.3) is 0 Å². The predicted molar refractivity (Wildman–Crippen MR) is 128 cm³/mol. The fourth-order valence-electron chi connectivity index (χ4n) is 3.01. The predicted octanol–water partition coefficient (Wildman–Crippen LogP) is 4.92. The second-order valence-corrected chi connectivity index (χ2v) is 9.66. The van der Waals surface area contributed by atoms with Gasteiger partial charge >= 0.3 is 0 Å². The molecule has 2 aromatic carbocycles. The third-order valence-electron chi connectivity index (χ3n) is 4.47. The van der Waals surface area contributed by atoms with Crippen molar-refractivity contribution < 1.29 is 14.7 Å². The van der Waals surface area contributed by atoms with Crippen LogP contribution >= 0.6 is 23.5 Å². The van der Waals surface area contributed by atoms with Crippen LogP contribution in [0.1, 0.15) is 48.5 Å². The standard InChI is InChI=1S/C24H31NO3S2/c1-2-16-29-23(14-9-15-26)25-22(27)18-21(17-19-10-5-3-6-11-19)30-24(28)20-12-7-4-8-13-20/h3-8,10-13,21,23,26H,2,9,14-18H2,1H3,(H,25,27). The number of nitrogens with one attached hydrogen (secondary N) is 1. The van der Waals surface area contributed by atoms with Crippen molar-refractivity contribution in [2.45, 2.75) is 49.7 Å². The molecule has 0 saturated heterocycles. The van der Waals surface area contributed by atoms with Crippen molar-refractivity contribution in [3.05, 3.63) is 71.8 Å². The summed E-state index contributed by atoms with van der Waals surface area (Å²) in [5.74, 6) is 0.918. The van der Waals surface area contributed by atoms with Gasteiger partial charge in [-0.2, -0.15) is 0 Å². The first-order valence-electron chi connectivity index (χ1n) is 10.4. The molecule has 0 aliphatic heterocycles. The molecule has 2 unspecified atom stereocenters. The van der Waals surface area contributed by atoms with Crippen molar-refractivity contribution in [1.82, 2.24) is 5.32 Å². The number of aliphatic hydroxyl groups is 1. The number of carbonyl (C=O) groups excluding carboxylic acids is 2. The Morgan fingerprint density at radius 1 is 1.03 bits per heavy atom. The minimum Gasteiger partial charge on any atom is -0.396 e. The maximum absolute atomic E-state index is 12.8. The van der Waals surface area contributed by atoms with Crippen molar-refractivity contribution in [3.8, 4) is 0 Å². The summed E-state index contributed by atoms with van der Waals surface area (Å²) in [5, 5.41) is 12.1. The van der Waals surface area contributed by atoms with Gasteiger partial charge < -0.3 is 10.4 Å². The van der Waals surface area contributed by atoms with Gasteiger partial charge in [0.1, 0.15) is 0 Å². The van der Waals surface area contributed by atoms with E-state index in [1.165, 1.54) is 11.8 Å². The van der Waals surface area contributed by atoms with E-state index in [9.17, 15) is 9.59 Å². The second-order valence-electron chi connectivity index (χ2n) is 7.08. The summed E-state index contributed by atoms with van der Waals surface area (Å²) in [6.07, 6.45) is 3.37. The Kier molecular flexibility index (Phi) is 11.7. The highest BCUT2D eigenvalue weighted by molar-refractivity contribution is 8.14. The molecule has 0 aliphatic rings. The molecule has 0 heterocycles. The molecular weight excluding hydrogens is 414 g/mol. The molecule has 6 heteroatoms. The first-order chi connectivity index (χ1) is 14.6. The van der Waals surface area contributed by atoms with Gasteiger partial charge in [-0.1, -0.05) is 79.3 Å². The van der Waals surface area contributed by atoms with Gasteiger partial charge in [-0.3, -0.25) is 9.59 Å². The van der Waals surface area contributed by atoms with Crippen molar-refractivity contribution in [1.29, 1.82) is 0 Å². The number of benzene rings is 2. The van der Waals surface area contributed by atoms with Crippen LogP contribution in [0.4, 0.5) is 0 Å². The van der Waals surface area contributed by atoms with Crippen LogP contribution in [0.5, 0.6) is 0 Å². The third kappa shape index (κ3) is 9.37. The van der Waals surface area contributed by atoms with E-state index in [0.29, 0.717) is 18.4 Å². The Bertz CT molecular complexity index is 748. The lowest BCUT2D eigenvalue weighted by atomic mass is 10.1. The zero-order chi connectivity index (χ0) is 21.6. The van der Waals surface area contributed by atoms with Crippen LogP contribution in [0, 0.1) is 0 Å². The molecule has 2 N–H and O–H groups in total. The molecule has 0 fully saturated rings. The first kappa shape index (κ1) is 24.5. The zero-order valence-electron chi connectivity index (χ0n) is 17.5. The molecule has 2 aromatic rings. The quantitative estimate of drug-likeness (QED) is 0.429. The number of rotatable bonds is 13. The lowest BCUT2D eigenvalue weighted by Crippen LogP contribution is -2.35. The summed E-state index contributed by atoms with van der Waals surface area (Å²) < 4.78 is 0. The fraction of sp³-hybridized carbons (Fsp3) is 0.417. The monoisotopic (exact) mass is 445 g/mol. The van der Waals surface area contributed by atoms with Gasteiger partial charge in [0.2, 0.25) is 11.0 Å². The molecule has 162 valence electrons. The molecule has 4 nitrogen and oxygen atoms in total. The molecule has 2 atom stereocenters. The van der Waals surface area contributed by atoms with Crippen molar-refractivity contribution in [2.24, 2.45) is 0 Å². The number of amides is 1. The first-order valence-corrected chi connectivity index (χ1v) is 12.4. The summed E-state index contributed by atoms with van der Waals surface area (Å²) >= 11 is 2.95. The van der Waals surface area contributed by atoms with Gasteiger partial charge in [-0.15, -0.1) is 11.8 Å². The number of hydrogen-bond donors (Lipinski definition) is 2. The molecule has 0 bridgehead atoms. The smallest absolute Gasteiger partial charge is 0.222 e. The van der Waals surface area contributed by atoms with Gasteiger partial charge in [-0.05, 0) is 37.0 Å². The molecule has 30 heavy (non-hydrogen) atoms. The fourth-order valence-corrected chi connectivity index (χ4v) is 5.16. The van der Waals surface area contributed by atoms with Crippen LogP contribution in [0.3, 0.4) is 0 Å². The van der Waals surface area contributed by atoms with E-state index in [4.69, 9.17) is 5.11 Å². The van der Waals surface area contributed by atoms with E-state index in [-0.39, 0.29) is 34.7 Å². The number of thioether (sulfide) groups is 2. The molecule has 0 saturated carbocycles. The van der Waals surface area contributed by atoms with E-state index < -0.39 is 0 Å². The largest absolute Gasteiger partial charge is 0.396 e. The van der Waals surface area contributed by atoms with Crippen LogP contribution in [-0.2, 0) is 11.2 Å². The highest BCUT2D eigenvalue weighted by Crippen LogP contribution is 2.25. The Balaban J connectivity index is 2.03. The maximum Gasteiger partial charge on any atom is 0.222 e. The molecule has 1 amide bonds. The van der Waals surface area contributed by atoms with E-state index in [0.717, 1.165) is 24.2 Å². The maximum atomic E-state index is 12.8. The summed E-state index contributed by atoms with van der Waals surface area (Å²) in [7, 11) is 0. The van der Waals surface area contributed by atoms with E-state index in [1.54, 1.807) is 23.9 Å². The van der Waals surface area contributed by atoms with Gasteiger partial charge in [0, 0.05) is 23.8 Å². The van der Waals surface area contributed by atoms with Gasteiger partial charge in [0.05, 0.1) is 5.37 Å². The van der Waals surface area contributed by atoms with E-state index in [2.05, 4.69) is 12.2 Å². The summed E-state index contributed by atoms with van der Waals surface area (Å²) in [5.41, 5.74) is 1.76. The Labute approximate surface area is 188 Å². The van der Waals surface area contributed by atoms with Crippen molar-refractivity contribution in [2.75, 3.05) is 12.4 Å². The molecule has 0 aromatic heterocycles. The molecular formula is C24H31NO3S2. The third-order valence-corrected chi connectivity index (χ3v) is 6.99. The molecule has 0 aliphatic carbocycles. The van der Waals surface area contributed by atoms with Crippen molar-refractivity contribution in [3.63, 3.8) is 0 Å².